The number of likely N-dealkylation sites (N-methyl/N-ethyl adjacent to an activating group) is 1. The van der Waals surface area contributed by atoms with E-state index in [4.69, 9.17) is 5.73 Å². The first-order valence-corrected chi connectivity index (χ1v) is 6.54. The van der Waals surface area contributed by atoms with Gasteiger partial charge in [-0.15, -0.1) is 0 Å². The summed E-state index contributed by atoms with van der Waals surface area (Å²) < 4.78 is 26.8. The number of benzene rings is 1. The van der Waals surface area contributed by atoms with E-state index >= 15 is 0 Å². The van der Waals surface area contributed by atoms with E-state index in [1.165, 1.54) is 6.07 Å². The van der Waals surface area contributed by atoms with Gasteiger partial charge in [-0.1, -0.05) is 32.9 Å². The van der Waals surface area contributed by atoms with Gasteiger partial charge in [-0.3, -0.25) is 0 Å². The lowest BCUT2D eigenvalue weighted by atomic mass is 9.87. The Morgan fingerprint density at radius 3 is 2.37 bits per heavy atom. The third-order valence-electron chi connectivity index (χ3n) is 3.78. The second kappa shape index (κ2) is 5.97. The van der Waals surface area contributed by atoms with Gasteiger partial charge >= 0.3 is 0 Å². The molecule has 2 atom stereocenters. The number of nitrogens with zero attached hydrogens (tertiary/aromatic N) is 1. The Morgan fingerprint density at radius 2 is 1.84 bits per heavy atom. The van der Waals surface area contributed by atoms with Crippen LogP contribution in [0.3, 0.4) is 0 Å². The number of nitrogens with two attached hydrogens (primary N) is 1. The Labute approximate surface area is 114 Å². The van der Waals surface area contributed by atoms with Crippen molar-refractivity contribution in [3.8, 4) is 0 Å². The molecule has 0 radical (unpaired) electrons. The number of hydrogen-bond donors (Lipinski definition) is 1. The van der Waals surface area contributed by atoms with Crippen LogP contribution in [0.2, 0.25) is 0 Å². The quantitative estimate of drug-likeness (QED) is 0.909. The topological polar surface area (TPSA) is 29.3 Å². The molecule has 2 N–H and O–H groups in total. The van der Waals surface area contributed by atoms with Crippen molar-refractivity contribution in [3.63, 3.8) is 0 Å². The van der Waals surface area contributed by atoms with E-state index in [1.807, 2.05) is 7.05 Å². The predicted molar refractivity (Wildman–Crippen MR) is 74.8 cm³/mol. The van der Waals surface area contributed by atoms with E-state index in [1.54, 1.807) is 6.07 Å². The summed E-state index contributed by atoms with van der Waals surface area (Å²) in [6.45, 7) is 9.01. The smallest absolute Gasteiger partial charge is 0.163 e. The van der Waals surface area contributed by atoms with Gasteiger partial charge < -0.3 is 10.6 Å². The van der Waals surface area contributed by atoms with Crippen molar-refractivity contribution in [1.82, 2.24) is 4.90 Å². The highest BCUT2D eigenvalue weighted by atomic mass is 19.2. The molecule has 0 saturated heterocycles. The second-order valence-electron chi connectivity index (χ2n) is 6.23. The third kappa shape index (κ3) is 3.98. The summed E-state index contributed by atoms with van der Waals surface area (Å²) in [6, 6.07) is 3.88. The van der Waals surface area contributed by atoms with E-state index in [0.717, 1.165) is 6.07 Å². The van der Waals surface area contributed by atoms with E-state index < -0.39 is 17.7 Å². The molecule has 108 valence electrons. The molecule has 0 fully saturated rings. The molecule has 4 heteroatoms. The summed E-state index contributed by atoms with van der Waals surface area (Å²) >= 11 is 0. The SMILES string of the molecule is CC(N(C)CC(N)c1cccc(F)c1F)C(C)(C)C. The monoisotopic (exact) mass is 270 g/mol. The Hall–Kier alpha value is -1.00. The van der Waals surface area contributed by atoms with Crippen LogP contribution in [-0.2, 0) is 0 Å². The van der Waals surface area contributed by atoms with Crippen LogP contribution < -0.4 is 5.73 Å². The largest absolute Gasteiger partial charge is 0.323 e. The normalized spacial score (nSPS) is 15.6. The van der Waals surface area contributed by atoms with E-state index in [9.17, 15) is 8.78 Å². The number of hydrogen-bond acceptors (Lipinski definition) is 2. The molecule has 2 nitrogen and oxygen atoms in total. The molecular weight excluding hydrogens is 246 g/mol. The predicted octanol–water partition coefficient (Wildman–Crippen LogP) is 3.33. The number of rotatable bonds is 4. The van der Waals surface area contributed by atoms with Gasteiger partial charge in [-0.05, 0) is 25.5 Å². The standard InChI is InChI=1S/C15H24F2N2/c1-10(15(2,3)4)19(5)9-13(18)11-7-6-8-12(16)14(11)17/h6-8,10,13H,9,18H2,1-5H3. The molecule has 0 bridgehead atoms. The van der Waals surface area contributed by atoms with Gasteiger partial charge in [0.15, 0.2) is 11.6 Å². The first-order chi connectivity index (χ1) is 8.64. The van der Waals surface area contributed by atoms with Crippen LogP contribution in [0.4, 0.5) is 8.78 Å². The molecule has 19 heavy (non-hydrogen) atoms. The minimum Gasteiger partial charge on any atom is -0.323 e. The zero-order valence-corrected chi connectivity index (χ0v) is 12.4. The lowest BCUT2D eigenvalue weighted by molar-refractivity contribution is 0.134. The van der Waals surface area contributed by atoms with Crippen LogP contribution in [0.5, 0.6) is 0 Å². The van der Waals surface area contributed by atoms with Crippen molar-refractivity contribution in [1.29, 1.82) is 0 Å². The van der Waals surface area contributed by atoms with Crippen molar-refractivity contribution in [3.05, 3.63) is 35.4 Å². The fourth-order valence-corrected chi connectivity index (χ4v) is 2.03. The van der Waals surface area contributed by atoms with Gasteiger partial charge in [0.1, 0.15) is 0 Å². The Kier molecular flexibility index (Phi) is 5.04. The Morgan fingerprint density at radius 1 is 1.26 bits per heavy atom. The van der Waals surface area contributed by atoms with E-state index in [-0.39, 0.29) is 17.0 Å². The van der Waals surface area contributed by atoms with Crippen LogP contribution in [0, 0.1) is 17.0 Å². The Bertz CT molecular complexity index is 427. The number of halogens is 2. The molecule has 2 unspecified atom stereocenters. The van der Waals surface area contributed by atoms with Crippen molar-refractivity contribution in [2.75, 3.05) is 13.6 Å². The summed E-state index contributed by atoms with van der Waals surface area (Å²) in [5, 5.41) is 0. The van der Waals surface area contributed by atoms with Gasteiger partial charge in [0.05, 0.1) is 0 Å². The van der Waals surface area contributed by atoms with Crippen LogP contribution >= 0.6 is 0 Å². The van der Waals surface area contributed by atoms with Crippen LogP contribution in [0.15, 0.2) is 18.2 Å². The second-order valence-corrected chi connectivity index (χ2v) is 6.23. The first-order valence-electron chi connectivity index (χ1n) is 6.54. The van der Waals surface area contributed by atoms with E-state index in [2.05, 4.69) is 32.6 Å². The summed E-state index contributed by atoms with van der Waals surface area (Å²) in [5.74, 6) is -1.69. The molecule has 0 amide bonds. The molecule has 0 aliphatic rings. The van der Waals surface area contributed by atoms with Gasteiger partial charge in [0.25, 0.3) is 0 Å². The zero-order valence-electron chi connectivity index (χ0n) is 12.4. The molecular formula is C15H24F2N2. The van der Waals surface area contributed by atoms with Crippen LogP contribution in [0.1, 0.15) is 39.3 Å². The van der Waals surface area contributed by atoms with Gasteiger partial charge in [-0.2, -0.15) is 0 Å². The maximum atomic E-state index is 13.7. The lowest BCUT2D eigenvalue weighted by Gasteiger charge is -2.36. The summed E-state index contributed by atoms with van der Waals surface area (Å²) in [4.78, 5) is 2.08. The minimum atomic E-state index is -0.848. The lowest BCUT2D eigenvalue weighted by Crippen LogP contribution is -2.42. The van der Waals surface area contributed by atoms with Crippen molar-refractivity contribution >= 4 is 0 Å². The molecule has 0 saturated carbocycles. The average molecular weight is 270 g/mol. The maximum Gasteiger partial charge on any atom is 0.163 e. The molecule has 0 spiro atoms. The fraction of sp³-hybridized carbons (Fsp3) is 0.600. The maximum absolute atomic E-state index is 13.7. The van der Waals surface area contributed by atoms with Crippen LogP contribution in [0.25, 0.3) is 0 Å². The zero-order chi connectivity index (χ0) is 14.8. The van der Waals surface area contributed by atoms with Crippen molar-refractivity contribution in [2.24, 2.45) is 11.1 Å². The molecule has 0 heterocycles. The van der Waals surface area contributed by atoms with Crippen molar-refractivity contribution < 1.29 is 8.78 Å². The van der Waals surface area contributed by atoms with Crippen LogP contribution in [-0.4, -0.2) is 24.5 Å². The molecule has 1 aromatic carbocycles. The van der Waals surface area contributed by atoms with Gasteiger partial charge in [-0.25, -0.2) is 8.78 Å². The van der Waals surface area contributed by atoms with Crippen molar-refractivity contribution in [2.45, 2.75) is 39.8 Å². The van der Waals surface area contributed by atoms with Gasteiger partial charge in [0.2, 0.25) is 0 Å². The third-order valence-corrected chi connectivity index (χ3v) is 3.78. The average Bonchev–Trinajstić information content (AvgIpc) is 2.30. The highest BCUT2D eigenvalue weighted by Gasteiger charge is 2.26. The molecule has 0 aliphatic heterocycles. The molecule has 0 aromatic heterocycles. The summed E-state index contributed by atoms with van der Waals surface area (Å²) in [7, 11) is 1.95. The highest BCUT2D eigenvalue weighted by molar-refractivity contribution is 5.22. The van der Waals surface area contributed by atoms with Gasteiger partial charge in [0, 0.05) is 24.2 Å². The molecule has 0 aliphatic carbocycles. The highest BCUT2D eigenvalue weighted by Crippen LogP contribution is 2.25. The summed E-state index contributed by atoms with van der Waals surface area (Å²) in [6.07, 6.45) is 0. The molecule has 1 rings (SSSR count). The molecule has 1 aromatic rings. The summed E-state index contributed by atoms with van der Waals surface area (Å²) in [5.41, 5.74) is 6.33. The van der Waals surface area contributed by atoms with E-state index in [0.29, 0.717) is 6.54 Å². The fourth-order valence-electron chi connectivity index (χ4n) is 2.03. The first kappa shape index (κ1) is 16.1. The Balaban J connectivity index is 2.80. The minimum absolute atomic E-state index is 0.106.